The summed E-state index contributed by atoms with van der Waals surface area (Å²) in [6.07, 6.45) is 3.25. The molecule has 88 valence electrons. The molecule has 15 heavy (non-hydrogen) atoms. The van der Waals surface area contributed by atoms with Crippen molar-refractivity contribution in [3.8, 4) is 0 Å². The van der Waals surface area contributed by atoms with Gasteiger partial charge in [0.2, 0.25) is 0 Å². The van der Waals surface area contributed by atoms with Crippen molar-refractivity contribution in [2.24, 2.45) is 0 Å². The number of nitrogens with zero attached hydrogens (tertiary/aromatic N) is 2. The van der Waals surface area contributed by atoms with Gasteiger partial charge < -0.3 is 10.2 Å². The second kappa shape index (κ2) is 6.26. The normalized spacial score (nSPS) is 29.1. The largest absolute Gasteiger partial charge is 0.315 e. The SMILES string of the molecule is C=CCN1C(C)CCNCC1CN(C)C. The molecule has 1 fully saturated rings. The Kier molecular flexibility index (Phi) is 5.29. The lowest BCUT2D eigenvalue weighted by atomic mass is 10.1. The van der Waals surface area contributed by atoms with Crippen LogP contribution in [-0.2, 0) is 0 Å². The minimum atomic E-state index is 0.607. The first-order chi connectivity index (χ1) is 7.15. The first kappa shape index (κ1) is 12.7. The van der Waals surface area contributed by atoms with Crippen LogP contribution in [0.3, 0.4) is 0 Å². The van der Waals surface area contributed by atoms with Gasteiger partial charge in [0, 0.05) is 31.7 Å². The fraction of sp³-hybridized carbons (Fsp3) is 0.833. The topological polar surface area (TPSA) is 18.5 Å². The predicted octanol–water partition coefficient (Wildman–Crippen LogP) is 0.786. The molecule has 0 aliphatic carbocycles. The van der Waals surface area contributed by atoms with Crippen molar-refractivity contribution in [2.75, 3.05) is 40.3 Å². The summed E-state index contributed by atoms with van der Waals surface area (Å²) in [7, 11) is 4.28. The number of hydrogen-bond acceptors (Lipinski definition) is 3. The van der Waals surface area contributed by atoms with Crippen LogP contribution in [0.5, 0.6) is 0 Å². The molecule has 2 unspecified atom stereocenters. The Hall–Kier alpha value is -0.380. The third-order valence-electron chi connectivity index (χ3n) is 3.07. The summed E-state index contributed by atoms with van der Waals surface area (Å²) in [6, 6.07) is 1.26. The quantitative estimate of drug-likeness (QED) is 0.694. The molecule has 1 heterocycles. The van der Waals surface area contributed by atoms with Crippen molar-refractivity contribution < 1.29 is 0 Å². The van der Waals surface area contributed by atoms with E-state index >= 15 is 0 Å². The van der Waals surface area contributed by atoms with Gasteiger partial charge in [-0.25, -0.2) is 0 Å². The smallest absolute Gasteiger partial charge is 0.0353 e. The number of rotatable bonds is 4. The summed E-state index contributed by atoms with van der Waals surface area (Å²) >= 11 is 0. The van der Waals surface area contributed by atoms with Crippen molar-refractivity contribution in [3.63, 3.8) is 0 Å². The van der Waals surface area contributed by atoms with Gasteiger partial charge in [-0.05, 0) is 34.0 Å². The Morgan fingerprint density at radius 1 is 1.53 bits per heavy atom. The molecule has 0 radical (unpaired) electrons. The maximum atomic E-state index is 3.86. The molecule has 2 atom stereocenters. The highest BCUT2D eigenvalue weighted by molar-refractivity contribution is 4.88. The van der Waals surface area contributed by atoms with E-state index in [1.807, 2.05) is 6.08 Å². The molecular weight excluding hydrogens is 186 g/mol. The molecule has 1 N–H and O–H groups in total. The number of nitrogens with one attached hydrogen (secondary N) is 1. The maximum Gasteiger partial charge on any atom is 0.0353 e. The molecule has 1 saturated heterocycles. The van der Waals surface area contributed by atoms with Crippen LogP contribution >= 0.6 is 0 Å². The summed E-state index contributed by atoms with van der Waals surface area (Å²) in [5, 5.41) is 3.52. The highest BCUT2D eigenvalue weighted by atomic mass is 15.2. The van der Waals surface area contributed by atoms with Crippen LogP contribution in [0.4, 0.5) is 0 Å². The molecule has 0 aromatic rings. The summed E-state index contributed by atoms with van der Waals surface area (Å²) in [5.41, 5.74) is 0. The van der Waals surface area contributed by atoms with E-state index in [2.05, 4.69) is 42.7 Å². The van der Waals surface area contributed by atoms with Gasteiger partial charge in [0.1, 0.15) is 0 Å². The predicted molar refractivity (Wildman–Crippen MR) is 66.2 cm³/mol. The Morgan fingerprint density at radius 2 is 2.27 bits per heavy atom. The molecule has 3 nitrogen and oxygen atoms in total. The van der Waals surface area contributed by atoms with Crippen molar-refractivity contribution >= 4 is 0 Å². The van der Waals surface area contributed by atoms with E-state index in [4.69, 9.17) is 0 Å². The fourth-order valence-electron chi connectivity index (χ4n) is 2.29. The number of likely N-dealkylation sites (N-methyl/N-ethyl adjacent to an activating group) is 1. The second-order valence-corrected chi connectivity index (χ2v) is 4.74. The highest BCUT2D eigenvalue weighted by Gasteiger charge is 2.25. The lowest BCUT2D eigenvalue weighted by Gasteiger charge is -2.34. The average molecular weight is 211 g/mol. The van der Waals surface area contributed by atoms with Crippen molar-refractivity contribution in [1.82, 2.24) is 15.1 Å². The van der Waals surface area contributed by atoms with E-state index in [9.17, 15) is 0 Å². The van der Waals surface area contributed by atoms with Gasteiger partial charge in [0.15, 0.2) is 0 Å². The lowest BCUT2D eigenvalue weighted by molar-refractivity contribution is 0.144. The second-order valence-electron chi connectivity index (χ2n) is 4.74. The summed E-state index contributed by atoms with van der Waals surface area (Å²) in [4.78, 5) is 4.83. The summed E-state index contributed by atoms with van der Waals surface area (Å²) in [6.45, 7) is 10.5. The Bertz CT molecular complexity index is 191. The molecular formula is C12H25N3. The molecule has 0 spiro atoms. The van der Waals surface area contributed by atoms with Gasteiger partial charge in [-0.1, -0.05) is 6.08 Å². The van der Waals surface area contributed by atoms with Crippen LogP contribution < -0.4 is 5.32 Å². The standard InChI is InChI=1S/C12H25N3/c1-5-8-15-11(2)6-7-13-9-12(15)10-14(3)4/h5,11-13H,1,6-10H2,2-4H3. The van der Waals surface area contributed by atoms with Crippen LogP contribution in [0.2, 0.25) is 0 Å². The van der Waals surface area contributed by atoms with Crippen LogP contribution in [0.15, 0.2) is 12.7 Å². The molecule has 1 aliphatic heterocycles. The molecule has 1 aliphatic rings. The van der Waals surface area contributed by atoms with Gasteiger partial charge in [-0.15, -0.1) is 6.58 Å². The molecule has 0 aromatic carbocycles. The third kappa shape index (κ3) is 3.93. The first-order valence-corrected chi connectivity index (χ1v) is 5.87. The highest BCUT2D eigenvalue weighted by Crippen LogP contribution is 2.12. The zero-order chi connectivity index (χ0) is 11.3. The van der Waals surface area contributed by atoms with Gasteiger partial charge in [0.05, 0.1) is 0 Å². The van der Waals surface area contributed by atoms with Crippen molar-refractivity contribution in [1.29, 1.82) is 0 Å². The molecule has 0 saturated carbocycles. The fourth-order valence-corrected chi connectivity index (χ4v) is 2.29. The minimum Gasteiger partial charge on any atom is -0.315 e. The van der Waals surface area contributed by atoms with Crippen LogP contribution in [0.1, 0.15) is 13.3 Å². The van der Waals surface area contributed by atoms with Crippen LogP contribution in [0.25, 0.3) is 0 Å². The first-order valence-electron chi connectivity index (χ1n) is 5.87. The summed E-state index contributed by atoms with van der Waals surface area (Å²) < 4.78 is 0. The average Bonchev–Trinajstić information content (AvgIpc) is 2.32. The van der Waals surface area contributed by atoms with E-state index in [-0.39, 0.29) is 0 Å². The van der Waals surface area contributed by atoms with Crippen LogP contribution in [0, 0.1) is 0 Å². The van der Waals surface area contributed by atoms with Gasteiger partial charge >= 0.3 is 0 Å². The van der Waals surface area contributed by atoms with E-state index < -0.39 is 0 Å². The lowest BCUT2D eigenvalue weighted by Crippen LogP contribution is -2.48. The maximum absolute atomic E-state index is 3.86. The van der Waals surface area contributed by atoms with E-state index in [1.165, 1.54) is 6.42 Å². The Labute approximate surface area is 94.1 Å². The minimum absolute atomic E-state index is 0.607. The molecule has 0 bridgehead atoms. The van der Waals surface area contributed by atoms with Gasteiger partial charge in [-0.3, -0.25) is 4.90 Å². The Morgan fingerprint density at radius 3 is 2.87 bits per heavy atom. The zero-order valence-corrected chi connectivity index (χ0v) is 10.4. The zero-order valence-electron chi connectivity index (χ0n) is 10.4. The number of hydrogen-bond donors (Lipinski definition) is 1. The monoisotopic (exact) mass is 211 g/mol. The third-order valence-corrected chi connectivity index (χ3v) is 3.07. The molecule has 3 heteroatoms. The van der Waals surface area contributed by atoms with Gasteiger partial charge in [0.25, 0.3) is 0 Å². The van der Waals surface area contributed by atoms with E-state index in [0.717, 1.165) is 26.2 Å². The van der Waals surface area contributed by atoms with Gasteiger partial charge in [-0.2, -0.15) is 0 Å². The van der Waals surface area contributed by atoms with E-state index in [1.54, 1.807) is 0 Å². The Balaban J connectivity index is 2.63. The van der Waals surface area contributed by atoms with E-state index in [0.29, 0.717) is 12.1 Å². The molecule has 0 aromatic heterocycles. The summed E-state index contributed by atoms with van der Waals surface area (Å²) in [5.74, 6) is 0. The molecule has 0 amide bonds. The van der Waals surface area contributed by atoms with Crippen LogP contribution in [-0.4, -0.2) is 62.2 Å². The molecule has 1 rings (SSSR count). The van der Waals surface area contributed by atoms with Crippen molar-refractivity contribution in [2.45, 2.75) is 25.4 Å². The van der Waals surface area contributed by atoms with Crippen molar-refractivity contribution in [3.05, 3.63) is 12.7 Å².